The first-order chi connectivity index (χ1) is 6.29. The topological polar surface area (TPSA) is 63.8 Å². The van der Waals surface area contributed by atoms with E-state index in [1.165, 1.54) is 24.4 Å². The molecule has 0 saturated heterocycles. The first-order valence-corrected chi connectivity index (χ1v) is 5.35. The van der Waals surface area contributed by atoms with Crippen LogP contribution in [0.15, 0.2) is 6.33 Å². The molecule has 2 rings (SSSR count). The van der Waals surface area contributed by atoms with Crippen molar-refractivity contribution in [2.45, 2.75) is 31.2 Å². The van der Waals surface area contributed by atoms with Gasteiger partial charge in [0, 0.05) is 23.6 Å². The minimum Gasteiger partial charge on any atom is -0.358 e. The van der Waals surface area contributed by atoms with Crippen molar-refractivity contribution in [1.29, 1.82) is 0 Å². The molecule has 4 nitrogen and oxygen atoms in total. The van der Waals surface area contributed by atoms with Crippen molar-refractivity contribution in [2.75, 3.05) is 11.9 Å². The van der Waals surface area contributed by atoms with Crippen LogP contribution in [-0.4, -0.2) is 21.4 Å². The summed E-state index contributed by atoms with van der Waals surface area (Å²) < 4.78 is 3.92. The van der Waals surface area contributed by atoms with Gasteiger partial charge in [-0.3, -0.25) is 0 Å². The van der Waals surface area contributed by atoms with Gasteiger partial charge >= 0.3 is 0 Å². The van der Waals surface area contributed by atoms with Gasteiger partial charge in [-0.15, -0.1) is 0 Å². The van der Waals surface area contributed by atoms with Crippen LogP contribution in [0.3, 0.4) is 0 Å². The van der Waals surface area contributed by atoms with Gasteiger partial charge in [0.1, 0.15) is 6.33 Å². The average Bonchev–Trinajstić information content (AvgIpc) is 2.72. The van der Waals surface area contributed by atoms with E-state index < -0.39 is 0 Å². The van der Waals surface area contributed by atoms with Crippen LogP contribution in [0.5, 0.6) is 0 Å². The zero-order valence-corrected chi connectivity index (χ0v) is 8.31. The second-order valence-electron chi connectivity index (χ2n) is 3.67. The molecule has 1 saturated carbocycles. The second kappa shape index (κ2) is 3.59. The highest BCUT2D eigenvalue weighted by Gasteiger charge is 2.28. The number of nitrogens with zero attached hydrogens (tertiary/aromatic N) is 2. The highest BCUT2D eigenvalue weighted by molar-refractivity contribution is 7.09. The molecule has 0 bridgehead atoms. The lowest BCUT2D eigenvalue weighted by atomic mass is 10.00. The molecule has 1 aromatic heterocycles. The van der Waals surface area contributed by atoms with Crippen molar-refractivity contribution in [3.8, 4) is 0 Å². The molecule has 0 unspecified atom stereocenters. The molecule has 3 N–H and O–H groups in total. The molecule has 1 aromatic rings. The predicted molar refractivity (Wildman–Crippen MR) is 53.8 cm³/mol. The third-order valence-corrected chi connectivity index (χ3v) is 3.17. The van der Waals surface area contributed by atoms with Gasteiger partial charge in [-0.1, -0.05) is 12.8 Å². The van der Waals surface area contributed by atoms with Crippen molar-refractivity contribution >= 4 is 16.7 Å². The summed E-state index contributed by atoms with van der Waals surface area (Å²) in [7, 11) is 0. The number of hydrogen-bond donors (Lipinski definition) is 2. The van der Waals surface area contributed by atoms with Crippen LogP contribution in [0.4, 0.5) is 5.13 Å². The Bertz CT molecular complexity index is 253. The van der Waals surface area contributed by atoms with E-state index in [1.54, 1.807) is 6.33 Å². The van der Waals surface area contributed by atoms with Crippen LogP contribution in [0.2, 0.25) is 0 Å². The highest BCUT2D eigenvalue weighted by atomic mass is 32.1. The van der Waals surface area contributed by atoms with Gasteiger partial charge in [0.05, 0.1) is 0 Å². The predicted octanol–water partition coefficient (Wildman–Crippen LogP) is 1.22. The van der Waals surface area contributed by atoms with E-state index in [1.807, 2.05) is 0 Å². The van der Waals surface area contributed by atoms with E-state index in [-0.39, 0.29) is 5.54 Å². The van der Waals surface area contributed by atoms with E-state index in [0.717, 1.165) is 24.5 Å². The third kappa shape index (κ3) is 2.16. The van der Waals surface area contributed by atoms with Crippen molar-refractivity contribution in [3.63, 3.8) is 0 Å². The van der Waals surface area contributed by atoms with E-state index in [2.05, 4.69) is 14.7 Å². The molecule has 5 heteroatoms. The normalized spacial score (nSPS) is 20.4. The molecular formula is C8H14N4S. The lowest BCUT2D eigenvalue weighted by Crippen LogP contribution is -2.43. The Labute approximate surface area is 81.7 Å². The van der Waals surface area contributed by atoms with Crippen LogP contribution >= 0.6 is 11.5 Å². The van der Waals surface area contributed by atoms with Crippen molar-refractivity contribution in [2.24, 2.45) is 5.73 Å². The Balaban J connectivity index is 1.85. The smallest absolute Gasteiger partial charge is 0.202 e. The van der Waals surface area contributed by atoms with Crippen molar-refractivity contribution in [1.82, 2.24) is 9.36 Å². The summed E-state index contributed by atoms with van der Waals surface area (Å²) in [6.45, 7) is 0.822. The van der Waals surface area contributed by atoms with Gasteiger partial charge in [-0.05, 0) is 12.8 Å². The zero-order valence-electron chi connectivity index (χ0n) is 7.49. The largest absolute Gasteiger partial charge is 0.358 e. The zero-order chi connectivity index (χ0) is 9.15. The van der Waals surface area contributed by atoms with Crippen LogP contribution in [0.1, 0.15) is 25.7 Å². The van der Waals surface area contributed by atoms with Crippen LogP contribution in [-0.2, 0) is 0 Å². The number of hydrogen-bond acceptors (Lipinski definition) is 5. The van der Waals surface area contributed by atoms with Crippen LogP contribution in [0.25, 0.3) is 0 Å². The quantitative estimate of drug-likeness (QED) is 0.766. The average molecular weight is 198 g/mol. The minimum atomic E-state index is -0.00826. The first kappa shape index (κ1) is 8.90. The summed E-state index contributed by atoms with van der Waals surface area (Å²) in [5.41, 5.74) is 6.16. The van der Waals surface area contributed by atoms with Gasteiger partial charge in [0.15, 0.2) is 0 Å². The Morgan fingerprint density at radius 2 is 2.31 bits per heavy atom. The summed E-state index contributed by atoms with van der Waals surface area (Å²) in [5.74, 6) is 0. The van der Waals surface area contributed by atoms with Crippen LogP contribution < -0.4 is 11.1 Å². The summed E-state index contributed by atoms with van der Waals surface area (Å²) in [6, 6.07) is 0. The second-order valence-corrected chi connectivity index (χ2v) is 4.45. The minimum absolute atomic E-state index is 0.00826. The number of anilines is 1. The van der Waals surface area contributed by atoms with E-state index in [0.29, 0.717) is 0 Å². The molecular weight excluding hydrogens is 184 g/mol. The van der Waals surface area contributed by atoms with Gasteiger partial charge in [-0.2, -0.15) is 4.37 Å². The molecule has 1 aliphatic carbocycles. The summed E-state index contributed by atoms with van der Waals surface area (Å²) in [5, 5.41) is 4.10. The lowest BCUT2D eigenvalue weighted by molar-refractivity contribution is 0.464. The third-order valence-electron chi connectivity index (χ3n) is 2.55. The SMILES string of the molecule is NC1(CNc2ncns2)CCCC1. The van der Waals surface area contributed by atoms with Gasteiger partial charge in [-0.25, -0.2) is 4.98 Å². The summed E-state index contributed by atoms with van der Waals surface area (Å²) in [4.78, 5) is 4.05. The molecule has 1 heterocycles. The number of nitrogens with two attached hydrogens (primary N) is 1. The number of rotatable bonds is 3. The standard InChI is InChI=1S/C8H14N4S/c9-8(3-1-2-4-8)5-10-7-11-6-12-13-7/h6H,1-5,9H2,(H,10,11,12). The van der Waals surface area contributed by atoms with Crippen molar-refractivity contribution < 1.29 is 0 Å². The Kier molecular flexibility index (Phi) is 2.46. The molecule has 13 heavy (non-hydrogen) atoms. The maximum atomic E-state index is 6.17. The molecule has 1 aliphatic rings. The molecule has 0 atom stereocenters. The fourth-order valence-corrected chi connectivity index (χ4v) is 2.18. The summed E-state index contributed by atoms with van der Waals surface area (Å²) in [6.07, 6.45) is 6.32. The molecule has 1 fully saturated rings. The molecule has 0 radical (unpaired) electrons. The van der Waals surface area contributed by atoms with Gasteiger partial charge < -0.3 is 11.1 Å². The van der Waals surface area contributed by atoms with Gasteiger partial charge in [0.2, 0.25) is 5.13 Å². The Morgan fingerprint density at radius 3 is 2.92 bits per heavy atom. The molecule has 0 aliphatic heterocycles. The van der Waals surface area contributed by atoms with E-state index in [4.69, 9.17) is 5.73 Å². The first-order valence-electron chi connectivity index (χ1n) is 4.58. The Hall–Kier alpha value is -0.680. The van der Waals surface area contributed by atoms with Gasteiger partial charge in [0.25, 0.3) is 0 Å². The lowest BCUT2D eigenvalue weighted by Gasteiger charge is -2.23. The van der Waals surface area contributed by atoms with Crippen LogP contribution in [0, 0.1) is 0 Å². The molecule has 0 spiro atoms. The highest BCUT2D eigenvalue weighted by Crippen LogP contribution is 2.27. The van der Waals surface area contributed by atoms with Crippen molar-refractivity contribution in [3.05, 3.63) is 6.33 Å². The number of nitrogens with one attached hydrogen (secondary N) is 1. The molecule has 0 aromatic carbocycles. The summed E-state index contributed by atoms with van der Waals surface area (Å²) >= 11 is 1.38. The Morgan fingerprint density at radius 1 is 1.54 bits per heavy atom. The maximum Gasteiger partial charge on any atom is 0.202 e. The molecule has 72 valence electrons. The number of aromatic nitrogens is 2. The molecule has 0 amide bonds. The fraction of sp³-hybridized carbons (Fsp3) is 0.750. The fourth-order valence-electron chi connectivity index (χ4n) is 1.76. The van der Waals surface area contributed by atoms with E-state index >= 15 is 0 Å². The van der Waals surface area contributed by atoms with E-state index in [9.17, 15) is 0 Å². The monoisotopic (exact) mass is 198 g/mol. The maximum absolute atomic E-state index is 6.17.